The van der Waals surface area contributed by atoms with Gasteiger partial charge in [-0.2, -0.15) is 0 Å². The number of imidazole rings is 1. The molecule has 1 aliphatic carbocycles. The molecule has 1 saturated carbocycles. The number of amides is 2. The molecule has 2 unspecified atom stereocenters. The van der Waals surface area contributed by atoms with Gasteiger partial charge in [0, 0.05) is 32.9 Å². The average molecular weight is 425 g/mol. The van der Waals surface area contributed by atoms with Crippen molar-refractivity contribution in [1.82, 2.24) is 19.4 Å². The lowest BCUT2D eigenvalue weighted by molar-refractivity contribution is -0.146. The highest BCUT2D eigenvalue weighted by atomic mass is 19.1. The molecule has 2 amide bonds. The first-order valence-electron chi connectivity index (χ1n) is 11.2. The molecule has 0 bridgehead atoms. The number of carbonyl (C=O) groups is 2. The van der Waals surface area contributed by atoms with Crippen LogP contribution in [0.2, 0.25) is 0 Å². The van der Waals surface area contributed by atoms with Crippen LogP contribution in [0.15, 0.2) is 36.8 Å². The summed E-state index contributed by atoms with van der Waals surface area (Å²) in [5, 5.41) is 0. The van der Waals surface area contributed by atoms with E-state index in [1.165, 1.54) is 25.0 Å². The standard InChI is InChI=1S/C24H29FN4O2/c1-27-14-20(26-16-27)21-12-24(8-3-9-28(23(24)31)13-17-6-7-17)15-29(21)22(30)11-18-4-2-5-19(25)10-18/h2,4-5,10,14,16-17,21H,3,6-9,11-13,15H2,1H3. The van der Waals surface area contributed by atoms with E-state index in [0.717, 1.165) is 31.6 Å². The quantitative estimate of drug-likeness (QED) is 0.741. The van der Waals surface area contributed by atoms with E-state index in [1.807, 2.05) is 27.6 Å². The van der Waals surface area contributed by atoms with E-state index in [-0.39, 0.29) is 30.1 Å². The van der Waals surface area contributed by atoms with Crippen LogP contribution in [0.1, 0.15) is 49.4 Å². The topological polar surface area (TPSA) is 58.4 Å². The second kappa shape index (κ2) is 7.77. The van der Waals surface area contributed by atoms with E-state index in [0.29, 0.717) is 24.4 Å². The minimum absolute atomic E-state index is 0.0785. The summed E-state index contributed by atoms with van der Waals surface area (Å²) in [4.78, 5) is 35.3. The van der Waals surface area contributed by atoms with Crippen molar-refractivity contribution in [2.75, 3.05) is 19.6 Å². The van der Waals surface area contributed by atoms with E-state index in [9.17, 15) is 14.0 Å². The highest BCUT2D eigenvalue weighted by Crippen LogP contribution is 2.49. The zero-order valence-electron chi connectivity index (χ0n) is 18.0. The molecule has 7 heteroatoms. The van der Waals surface area contributed by atoms with Crippen LogP contribution in [0.25, 0.3) is 0 Å². The zero-order valence-corrected chi connectivity index (χ0v) is 18.0. The Morgan fingerprint density at radius 3 is 2.87 bits per heavy atom. The summed E-state index contributed by atoms with van der Waals surface area (Å²) in [7, 11) is 1.91. The smallest absolute Gasteiger partial charge is 0.230 e. The molecule has 0 radical (unpaired) electrons. The molecule has 2 saturated heterocycles. The van der Waals surface area contributed by atoms with Gasteiger partial charge in [0.25, 0.3) is 0 Å². The summed E-state index contributed by atoms with van der Waals surface area (Å²) in [5.41, 5.74) is 0.933. The van der Waals surface area contributed by atoms with Gasteiger partial charge in [-0.1, -0.05) is 12.1 Å². The number of halogens is 1. The van der Waals surface area contributed by atoms with Gasteiger partial charge >= 0.3 is 0 Å². The first-order valence-corrected chi connectivity index (χ1v) is 11.2. The molecule has 1 aromatic heterocycles. The number of carbonyl (C=O) groups excluding carboxylic acids is 2. The Labute approximate surface area is 182 Å². The lowest BCUT2D eigenvalue weighted by Crippen LogP contribution is -2.51. The van der Waals surface area contributed by atoms with Crippen LogP contribution in [0.4, 0.5) is 4.39 Å². The first-order chi connectivity index (χ1) is 14.9. The fourth-order valence-corrected chi connectivity index (χ4v) is 5.31. The number of benzene rings is 1. The molecule has 2 aromatic rings. The van der Waals surface area contributed by atoms with Crippen LogP contribution in [0.5, 0.6) is 0 Å². The average Bonchev–Trinajstić information content (AvgIpc) is 3.31. The molecule has 2 aliphatic heterocycles. The van der Waals surface area contributed by atoms with Crippen molar-refractivity contribution in [3.8, 4) is 0 Å². The lowest BCUT2D eigenvalue weighted by atomic mass is 9.76. The fourth-order valence-electron chi connectivity index (χ4n) is 5.31. The summed E-state index contributed by atoms with van der Waals surface area (Å²) >= 11 is 0. The van der Waals surface area contributed by atoms with Crippen LogP contribution in [0, 0.1) is 17.2 Å². The molecule has 6 nitrogen and oxygen atoms in total. The Hall–Kier alpha value is -2.70. The van der Waals surface area contributed by atoms with Gasteiger partial charge in [0.1, 0.15) is 5.82 Å². The number of nitrogens with zero attached hydrogens (tertiary/aromatic N) is 4. The maximum Gasteiger partial charge on any atom is 0.230 e. The maximum absolute atomic E-state index is 13.6. The van der Waals surface area contributed by atoms with Crippen molar-refractivity contribution in [1.29, 1.82) is 0 Å². The van der Waals surface area contributed by atoms with Gasteiger partial charge in [-0.15, -0.1) is 0 Å². The highest BCUT2D eigenvalue weighted by molar-refractivity contribution is 5.87. The summed E-state index contributed by atoms with van der Waals surface area (Å²) in [6.07, 6.45) is 8.60. The van der Waals surface area contributed by atoms with Gasteiger partial charge in [-0.3, -0.25) is 9.59 Å². The van der Waals surface area contributed by atoms with E-state index in [1.54, 1.807) is 18.5 Å². The fraction of sp³-hybridized carbons (Fsp3) is 0.542. The summed E-state index contributed by atoms with van der Waals surface area (Å²) in [6, 6.07) is 5.95. The Morgan fingerprint density at radius 1 is 1.32 bits per heavy atom. The maximum atomic E-state index is 13.6. The molecular weight excluding hydrogens is 395 g/mol. The van der Waals surface area contributed by atoms with Crippen LogP contribution in [0.3, 0.4) is 0 Å². The summed E-state index contributed by atoms with van der Waals surface area (Å²) in [6.45, 7) is 2.09. The third-order valence-corrected chi connectivity index (χ3v) is 7.06. The molecule has 164 valence electrons. The van der Waals surface area contributed by atoms with Crippen molar-refractivity contribution < 1.29 is 14.0 Å². The zero-order chi connectivity index (χ0) is 21.6. The van der Waals surface area contributed by atoms with E-state index in [4.69, 9.17) is 0 Å². The molecule has 1 spiro atoms. The predicted molar refractivity (Wildman–Crippen MR) is 113 cm³/mol. The SMILES string of the molecule is Cn1cnc(C2CC3(CCCN(CC4CC4)C3=O)CN2C(=O)Cc2cccc(F)c2)c1. The molecule has 3 aliphatic rings. The number of aryl methyl sites for hydroxylation is 1. The van der Waals surface area contributed by atoms with Crippen LogP contribution >= 0.6 is 0 Å². The second-order valence-corrected chi connectivity index (χ2v) is 9.59. The van der Waals surface area contributed by atoms with Gasteiger partial charge in [0.05, 0.1) is 29.9 Å². The van der Waals surface area contributed by atoms with E-state index >= 15 is 0 Å². The number of aromatic nitrogens is 2. The Morgan fingerprint density at radius 2 is 2.16 bits per heavy atom. The Balaban J connectivity index is 1.42. The van der Waals surface area contributed by atoms with Gasteiger partial charge < -0.3 is 14.4 Å². The van der Waals surface area contributed by atoms with Gasteiger partial charge in [0.15, 0.2) is 0 Å². The van der Waals surface area contributed by atoms with Crippen molar-refractivity contribution in [3.05, 3.63) is 53.9 Å². The van der Waals surface area contributed by atoms with Gasteiger partial charge in [-0.25, -0.2) is 9.37 Å². The van der Waals surface area contributed by atoms with Crippen LogP contribution < -0.4 is 0 Å². The van der Waals surface area contributed by atoms with Crippen LogP contribution in [-0.2, 0) is 23.1 Å². The van der Waals surface area contributed by atoms with E-state index < -0.39 is 5.41 Å². The van der Waals surface area contributed by atoms with Crippen molar-refractivity contribution in [3.63, 3.8) is 0 Å². The normalized spacial score (nSPS) is 26.1. The number of rotatable bonds is 5. The predicted octanol–water partition coefficient (Wildman–Crippen LogP) is 3.09. The highest BCUT2D eigenvalue weighted by Gasteiger charge is 2.54. The first kappa shape index (κ1) is 20.2. The minimum Gasteiger partial charge on any atom is -0.342 e. The Bertz CT molecular complexity index is 1000. The summed E-state index contributed by atoms with van der Waals surface area (Å²) < 4.78 is 15.5. The Kier molecular flexibility index (Phi) is 5.07. The number of likely N-dealkylation sites (tertiary alicyclic amines) is 2. The molecule has 5 rings (SSSR count). The number of hydrogen-bond acceptors (Lipinski definition) is 3. The van der Waals surface area contributed by atoms with Crippen molar-refractivity contribution >= 4 is 11.8 Å². The van der Waals surface area contributed by atoms with Crippen molar-refractivity contribution in [2.24, 2.45) is 18.4 Å². The molecular formula is C24H29FN4O2. The van der Waals surface area contributed by atoms with Crippen molar-refractivity contribution in [2.45, 2.75) is 44.6 Å². The second-order valence-electron chi connectivity index (χ2n) is 9.59. The summed E-state index contributed by atoms with van der Waals surface area (Å²) in [5.74, 6) is 0.429. The van der Waals surface area contributed by atoms with Crippen LogP contribution in [-0.4, -0.2) is 50.8 Å². The largest absolute Gasteiger partial charge is 0.342 e. The monoisotopic (exact) mass is 424 g/mol. The number of hydrogen-bond donors (Lipinski definition) is 0. The molecule has 3 heterocycles. The van der Waals surface area contributed by atoms with Gasteiger partial charge in [0.2, 0.25) is 11.8 Å². The third kappa shape index (κ3) is 3.98. The molecule has 2 atom stereocenters. The number of piperidine rings is 1. The lowest BCUT2D eigenvalue weighted by Gasteiger charge is -2.39. The minimum atomic E-state index is -0.535. The molecule has 3 fully saturated rings. The molecule has 1 aromatic carbocycles. The van der Waals surface area contributed by atoms with Gasteiger partial charge in [-0.05, 0) is 55.7 Å². The third-order valence-electron chi connectivity index (χ3n) is 7.06. The molecule has 31 heavy (non-hydrogen) atoms. The molecule has 0 N–H and O–H groups in total. The van der Waals surface area contributed by atoms with E-state index in [2.05, 4.69) is 4.98 Å².